The van der Waals surface area contributed by atoms with Crippen LogP contribution in [0.4, 0.5) is 0 Å². The molecule has 0 aliphatic heterocycles. The van der Waals surface area contributed by atoms with Crippen molar-refractivity contribution in [3.8, 4) is 5.75 Å². The van der Waals surface area contributed by atoms with E-state index in [1.165, 1.54) is 12.8 Å². The monoisotopic (exact) mass is 364 g/mol. The van der Waals surface area contributed by atoms with Crippen LogP contribution in [0.1, 0.15) is 24.2 Å². The molecule has 6 heteroatoms. The van der Waals surface area contributed by atoms with Crippen LogP contribution in [0.2, 0.25) is 5.02 Å². The first-order valence-corrected chi connectivity index (χ1v) is 9.14. The Kier molecular flexibility index (Phi) is 3.75. The smallest absolute Gasteiger partial charge is 0.183 e. The average Bonchev–Trinajstić information content (AvgIpc) is 3.40. The number of halogens is 1. The fraction of sp³-hybridized carbons (Fsp3) is 0.250. The number of benzene rings is 1. The van der Waals surface area contributed by atoms with Gasteiger partial charge < -0.3 is 4.74 Å². The number of nitrogens with zero attached hydrogens (tertiary/aromatic N) is 4. The molecule has 3 heterocycles. The van der Waals surface area contributed by atoms with E-state index in [0.717, 1.165) is 34.5 Å². The van der Waals surface area contributed by atoms with Crippen LogP contribution in [0.15, 0.2) is 48.9 Å². The topological polar surface area (TPSA) is 52.3 Å². The van der Waals surface area contributed by atoms with E-state index in [4.69, 9.17) is 16.3 Å². The van der Waals surface area contributed by atoms with Gasteiger partial charge in [-0.3, -0.25) is 9.38 Å². The predicted octanol–water partition coefficient (Wildman–Crippen LogP) is 4.46. The van der Waals surface area contributed by atoms with E-state index in [1.54, 1.807) is 6.20 Å². The quantitative estimate of drug-likeness (QED) is 0.524. The van der Waals surface area contributed by atoms with Crippen LogP contribution in [0.3, 0.4) is 0 Å². The molecule has 4 aromatic rings. The summed E-state index contributed by atoms with van der Waals surface area (Å²) in [6.45, 7) is 0.419. The number of rotatable bonds is 5. The molecular formula is C20H17ClN4O. The fourth-order valence-electron chi connectivity index (χ4n) is 3.24. The summed E-state index contributed by atoms with van der Waals surface area (Å²) in [4.78, 5) is 4.22. The SMILES string of the molecule is Clc1c(OCc2cccc3ccncc23)ccn2c(CC3CC3)nnc12. The molecule has 0 radical (unpaired) electrons. The van der Waals surface area contributed by atoms with Crippen molar-refractivity contribution in [2.24, 2.45) is 5.92 Å². The molecule has 0 bridgehead atoms. The summed E-state index contributed by atoms with van der Waals surface area (Å²) >= 11 is 6.53. The van der Waals surface area contributed by atoms with Gasteiger partial charge in [0.2, 0.25) is 0 Å². The Morgan fingerprint density at radius 2 is 2.08 bits per heavy atom. The van der Waals surface area contributed by atoms with E-state index < -0.39 is 0 Å². The molecule has 0 spiro atoms. The van der Waals surface area contributed by atoms with Crippen molar-refractivity contribution in [3.05, 3.63) is 65.3 Å². The zero-order valence-electron chi connectivity index (χ0n) is 14.1. The van der Waals surface area contributed by atoms with Gasteiger partial charge in [0, 0.05) is 30.4 Å². The maximum atomic E-state index is 6.53. The minimum absolute atomic E-state index is 0.419. The van der Waals surface area contributed by atoms with Gasteiger partial charge in [-0.1, -0.05) is 29.8 Å². The minimum atomic E-state index is 0.419. The lowest BCUT2D eigenvalue weighted by atomic mass is 10.1. The summed E-state index contributed by atoms with van der Waals surface area (Å²) in [5.41, 5.74) is 1.72. The van der Waals surface area contributed by atoms with Crippen molar-refractivity contribution in [2.75, 3.05) is 0 Å². The summed E-state index contributed by atoms with van der Waals surface area (Å²) < 4.78 is 7.97. The van der Waals surface area contributed by atoms with Crippen molar-refractivity contribution in [2.45, 2.75) is 25.9 Å². The molecule has 0 atom stereocenters. The van der Waals surface area contributed by atoms with Crippen molar-refractivity contribution in [3.63, 3.8) is 0 Å². The van der Waals surface area contributed by atoms with E-state index in [1.807, 2.05) is 41.1 Å². The Labute approximate surface area is 155 Å². The largest absolute Gasteiger partial charge is 0.487 e. The summed E-state index contributed by atoms with van der Waals surface area (Å²) in [6.07, 6.45) is 9.12. The minimum Gasteiger partial charge on any atom is -0.487 e. The highest BCUT2D eigenvalue weighted by molar-refractivity contribution is 6.34. The molecule has 130 valence electrons. The Bertz CT molecular complexity index is 1100. The van der Waals surface area contributed by atoms with Crippen molar-refractivity contribution in [1.29, 1.82) is 0 Å². The summed E-state index contributed by atoms with van der Waals surface area (Å²) in [6, 6.07) is 10.0. The first-order chi connectivity index (χ1) is 12.8. The first kappa shape index (κ1) is 15.6. The van der Waals surface area contributed by atoms with Crippen LogP contribution in [-0.2, 0) is 13.0 Å². The van der Waals surface area contributed by atoms with Crippen LogP contribution < -0.4 is 4.74 Å². The second kappa shape index (κ2) is 6.25. The molecule has 5 rings (SSSR count). The molecule has 1 saturated carbocycles. The Morgan fingerprint density at radius 3 is 2.96 bits per heavy atom. The van der Waals surface area contributed by atoms with E-state index in [-0.39, 0.29) is 0 Å². The van der Waals surface area contributed by atoms with Gasteiger partial charge >= 0.3 is 0 Å². The Morgan fingerprint density at radius 1 is 1.15 bits per heavy atom. The molecule has 1 aromatic carbocycles. The highest BCUT2D eigenvalue weighted by Crippen LogP contribution is 2.34. The van der Waals surface area contributed by atoms with E-state index in [9.17, 15) is 0 Å². The van der Waals surface area contributed by atoms with Crippen LogP contribution in [-0.4, -0.2) is 19.6 Å². The molecule has 0 N–H and O–H groups in total. The molecule has 0 unspecified atom stereocenters. The number of fused-ring (bicyclic) bond motifs is 2. The normalized spacial score (nSPS) is 14.2. The van der Waals surface area contributed by atoms with Gasteiger partial charge in [-0.15, -0.1) is 10.2 Å². The van der Waals surface area contributed by atoms with Gasteiger partial charge in [-0.2, -0.15) is 0 Å². The van der Waals surface area contributed by atoms with Crippen LogP contribution in [0.25, 0.3) is 16.4 Å². The Balaban J connectivity index is 1.43. The van der Waals surface area contributed by atoms with Gasteiger partial charge in [-0.05, 0) is 41.8 Å². The number of ether oxygens (including phenoxy) is 1. The number of hydrogen-bond donors (Lipinski definition) is 0. The molecule has 1 aliphatic carbocycles. The van der Waals surface area contributed by atoms with Crippen molar-refractivity contribution in [1.82, 2.24) is 19.6 Å². The maximum absolute atomic E-state index is 6.53. The molecular weight excluding hydrogens is 348 g/mol. The molecule has 0 saturated heterocycles. The highest BCUT2D eigenvalue weighted by Gasteiger charge is 2.24. The van der Waals surface area contributed by atoms with Gasteiger partial charge in [0.05, 0.1) is 0 Å². The second-order valence-corrected chi connectivity index (χ2v) is 7.13. The van der Waals surface area contributed by atoms with Gasteiger partial charge in [0.15, 0.2) is 5.65 Å². The molecule has 0 amide bonds. The molecule has 5 nitrogen and oxygen atoms in total. The summed E-state index contributed by atoms with van der Waals surface area (Å²) in [5, 5.41) is 11.3. The standard InChI is InChI=1S/C20H17ClN4O/c21-19-17(7-9-25-18(10-13-4-5-13)23-24-20(19)25)26-12-15-3-1-2-14-6-8-22-11-16(14)15/h1-3,6-9,11,13H,4-5,10,12H2. The predicted molar refractivity (Wildman–Crippen MR) is 101 cm³/mol. The zero-order valence-corrected chi connectivity index (χ0v) is 14.9. The third-order valence-electron chi connectivity index (χ3n) is 4.88. The summed E-state index contributed by atoms with van der Waals surface area (Å²) in [7, 11) is 0. The highest BCUT2D eigenvalue weighted by atomic mass is 35.5. The Hall–Kier alpha value is -2.66. The second-order valence-electron chi connectivity index (χ2n) is 6.75. The number of pyridine rings is 2. The summed E-state index contributed by atoms with van der Waals surface area (Å²) in [5.74, 6) is 2.33. The zero-order chi connectivity index (χ0) is 17.5. The molecule has 3 aromatic heterocycles. The fourth-order valence-corrected chi connectivity index (χ4v) is 3.49. The maximum Gasteiger partial charge on any atom is 0.183 e. The lowest BCUT2D eigenvalue weighted by molar-refractivity contribution is 0.308. The third kappa shape index (κ3) is 2.78. The molecule has 1 fully saturated rings. The first-order valence-electron chi connectivity index (χ1n) is 8.76. The number of aromatic nitrogens is 4. The van der Waals surface area contributed by atoms with Crippen molar-refractivity contribution < 1.29 is 4.74 Å². The average molecular weight is 365 g/mol. The van der Waals surface area contributed by atoms with Gasteiger partial charge in [-0.25, -0.2) is 0 Å². The molecule has 26 heavy (non-hydrogen) atoms. The van der Waals surface area contributed by atoms with Gasteiger partial charge in [0.25, 0.3) is 0 Å². The number of hydrogen-bond acceptors (Lipinski definition) is 4. The lowest BCUT2D eigenvalue weighted by Crippen LogP contribution is -2.00. The lowest BCUT2D eigenvalue weighted by Gasteiger charge is -2.11. The van der Waals surface area contributed by atoms with Crippen molar-refractivity contribution >= 4 is 28.0 Å². The third-order valence-corrected chi connectivity index (χ3v) is 5.23. The van der Waals surface area contributed by atoms with E-state index in [0.29, 0.717) is 23.0 Å². The van der Waals surface area contributed by atoms with Crippen LogP contribution in [0, 0.1) is 5.92 Å². The van der Waals surface area contributed by atoms with E-state index in [2.05, 4.69) is 21.2 Å². The van der Waals surface area contributed by atoms with Crippen LogP contribution in [0.5, 0.6) is 5.75 Å². The van der Waals surface area contributed by atoms with E-state index >= 15 is 0 Å². The van der Waals surface area contributed by atoms with Gasteiger partial charge in [0.1, 0.15) is 23.2 Å². The van der Waals surface area contributed by atoms with Crippen LogP contribution >= 0.6 is 11.6 Å². The molecule has 1 aliphatic rings.